The fraction of sp³-hybridized carbons (Fsp3) is 0.400. The lowest BCUT2D eigenvalue weighted by Crippen LogP contribution is -2.48. The number of amides is 1. The van der Waals surface area contributed by atoms with Crippen LogP contribution in [0.1, 0.15) is 30.1 Å². The lowest BCUT2D eigenvalue weighted by Gasteiger charge is -2.36. The van der Waals surface area contributed by atoms with E-state index in [1.807, 2.05) is 29.2 Å². The van der Waals surface area contributed by atoms with Crippen LogP contribution >= 0.6 is 11.6 Å². The topological polar surface area (TPSA) is 48.5 Å². The van der Waals surface area contributed by atoms with E-state index in [2.05, 4.69) is 28.2 Å². The molecule has 0 radical (unpaired) electrons. The Bertz CT molecular complexity index is 744. The van der Waals surface area contributed by atoms with Crippen LogP contribution < -0.4 is 10.2 Å². The second-order valence-corrected chi connectivity index (χ2v) is 6.91. The van der Waals surface area contributed by atoms with Crippen molar-refractivity contribution in [2.75, 3.05) is 42.9 Å². The zero-order chi connectivity index (χ0) is 18.4. The highest BCUT2D eigenvalue weighted by molar-refractivity contribution is 6.30. The number of anilines is 2. The Hall–Kier alpha value is -2.27. The third-order valence-electron chi connectivity index (χ3n) is 4.58. The number of aromatic nitrogens is 1. The van der Waals surface area contributed by atoms with Gasteiger partial charge in [-0.05, 0) is 36.8 Å². The number of benzene rings is 1. The summed E-state index contributed by atoms with van der Waals surface area (Å²) in [6.07, 6.45) is 3.91. The summed E-state index contributed by atoms with van der Waals surface area (Å²) in [6, 6.07) is 11.5. The van der Waals surface area contributed by atoms with E-state index in [0.717, 1.165) is 49.0 Å². The maximum absolute atomic E-state index is 12.8. The van der Waals surface area contributed by atoms with E-state index < -0.39 is 0 Å². The molecule has 1 aromatic heterocycles. The maximum Gasteiger partial charge on any atom is 0.254 e. The van der Waals surface area contributed by atoms with Gasteiger partial charge in [-0.2, -0.15) is 0 Å². The molecule has 0 spiro atoms. The van der Waals surface area contributed by atoms with E-state index in [-0.39, 0.29) is 5.91 Å². The van der Waals surface area contributed by atoms with Crippen molar-refractivity contribution in [3.63, 3.8) is 0 Å². The van der Waals surface area contributed by atoms with Gasteiger partial charge in [0, 0.05) is 55.2 Å². The number of carbonyl (C=O) groups is 1. The maximum atomic E-state index is 12.8. The summed E-state index contributed by atoms with van der Waals surface area (Å²) in [4.78, 5) is 21.3. The fourth-order valence-electron chi connectivity index (χ4n) is 3.08. The molecule has 1 N–H and O–H groups in total. The molecule has 2 heterocycles. The van der Waals surface area contributed by atoms with E-state index >= 15 is 0 Å². The van der Waals surface area contributed by atoms with Crippen LogP contribution in [0, 0.1) is 0 Å². The zero-order valence-electron chi connectivity index (χ0n) is 15.1. The predicted molar refractivity (Wildman–Crippen MR) is 107 cm³/mol. The number of piperazine rings is 1. The van der Waals surface area contributed by atoms with Crippen LogP contribution in [0.5, 0.6) is 0 Å². The molecule has 3 rings (SSSR count). The molecule has 0 aliphatic carbocycles. The molecule has 1 saturated heterocycles. The summed E-state index contributed by atoms with van der Waals surface area (Å²) in [5.74, 6) is 0.832. The molecular weight excluding hydrogens is 348 g/mol. The third-order valence-corrected chi connectivity index (χ3v) is 4.82. The number of nitrogens with zero attached hydrogens (tertiary/aromatic N) is 3. The molecule has 0 bridgehead atoms. The summed E-state index contributed by atoms with van der Waals surface area (Å²) in [5.41, 5.74) is 1.80. The Labute approximate surface area is 160 Å². The van der Waals surface area contributed by atoms with E-state index in [1.54, 1.807) is 12.3 Å². The fourth-order valence-corrected chi connectivity index (χ4v) is 3.26. The molecule has 5 nitrogen and oxygen atoms in total. The highest BCUT2D eigenvalue weighted by atomic mass is 35.5. The molecule has 0 unspecified atom stereocenters. The van der Waals surface area contributed by atoms with E-state index in [9.17, 15) is 4.79 Å². The first kappa shape index (κ1) is 18.5. The molecule has 1 fully saturated rings. The molecule has 1 aliphatic heterocycles. The lowest BCUT2D eigenvalue weighted by molar-refractivity contribution is 0.0746. The average Bonchev–Trinajstić information content (AvgIpc) is 2.68. The van der Waals surface area contributed by atoms with Gasteiger partial charge in [0.1, 0.15) is 5.82 Å². The quantitative estimate of drug-likeness (QED) is 0.781. The number of nitrogens with one attached hydrogen (secondary N) is 1. The monoisotopic (exact) mass is 372 g/mol. The van der Waals surface area contributed by atoms with Crippen molar-refractivity contribution >= 4 is 29.0 Å². The van der Waals surface area contributed by atoms with Gasteiger partial charge in [-0.1, -0.05) is 31.0 Å². The van der Waals surface area contributed by atoms with Gasteiger partial charge in [0.05, 0.1) is 0 Å². The Balaban J connectivity index is 1.59. The number of halogens is 1. The average molecular weight is 373 g/mol. The number of hydrogen-bond donors (Lipinski definition) is 1. The van der Waals surface area contributed by atoms with Crippen molar-refractivity contribution < 1.29 is 4.79 Å². The highest BCUT2D eigenvalue weighted by Gasteiger charge is 2.22. The molecular formula is C20H25ClN4O. The molecule has 138 valence electrons. The number of hydrogen-bond acceptors (Lipinski definition) is 4. The first-order valence-corrected chi connectivity index (χ1v) is 9.55. The predicted octanol–water partition coefficient (Wildman–Crippen LogP) is 3.91. The molecule has 1 aromatic carbocycles. The van der Waals surface area contributed by atoms with Gasteiger partial charge in [0.15, 0.2) is 0 Å². The van der Waals surface area contributed by atoms with Crippen LogP contribution in [0.25, 0.3) is 0 Å². The highest BCUT2D eigenvalue weighted by Crippen LogP contribution is 2.21. The van der Waals surface area contributed by atoms with E-state index in [1.165, 1.54) is 0 Å². The lowest BCUT2D eigenvalue weighted by atomic mass is 10.2. The van der Waals surface area contributed by atoms with Crippen molar-refractivity contribution in [2.45, 2.75) is 19.8 Å². The standard InChI is InChI=1S/C20H25ClN4O/c1-2-3-8-22-19-14-16(7-9-23-19)20(26)25-12-10-24(11-13-25)18-6-4-5-17(21)15-18/h4-7,9,14-15H,2-3,8,10-13H2,1H3,(H,22,23). The second-order valence-electron chi connectivity index (χ2n) is 6.47. The Morgan fingerprint density at radius 3 is 2.73 bits per heavy atom. The first-order chi connectivity index (χ1) is 12.7. The molecule has 0 atom stereocenters. The SMILES string of the molecule is CCCCNc1cc(C(=O)N2CCN(c3cccc(Cl)c3)CC2)ccn1. The van der Waals surface area contributed by atoms with Gasteiger partial charge in [0.25, 0.3) is 5.91 Å². The van der Waals surface area contributed by atoms with Crippen molar-refractivity contribution in [3.8, 4) is 0 Å². The second kappa shape index (κ2) is 8.90. The van der Waals surface area contributed by atoms with Crippen molar-refractivity contribution in [1.29, 1.82) is 0 Å². The van der Waals surface area contributed by atoms with Gasteiger partial charge in [-0.25, -0.2) is 4.98 Å². The zero-order valence-corrected chi connectivity index (χ0v) is 15.9. The summed E-state index contributed by atoms with van der Waals surface area (Å²) in [5, 5.41) is 4.01. The number of unbranched alkanes of at least 4 members (excludes halogenated alkanes) is 1. The van der Waals surface area contributed by atoms with Crippen LogP contribution in [0.4, 0.5) is 11.5 Å². The number of pyridine rings is 1. The minimum absolute atomic E-state index is 0.0664. The van der Waals surface area contributed by atoms with Gasteiger partial charge in [-0.15, -0.1) is 0 Å². The summed E-state index contributed by atoms with van der Waals surface area (Å²) in [6.45, 7) is 6.04. The molecule has 6 heteroatoms. The largest absolute Gasteiger partial charge is 0.370 e. The van der Waals surface area contributed by atoms with Crippen LogP contribution in [0.15, 0.2) is 42.6 Å². The van der Waals surface area contributed by atoms with Gasteiger partial charge in [0.2, 0.25) is 0 Å². The smallest absolute Gasteiger partial charge is 0.254 e. The summed E-state index contributed by atoms with van der Waals surface area (Å²) < 4.78 is 0. The molecule has 2 aromatic rings. The van der Waals surface area contributed by atoms with Crippen LogP contribution in [-0.4, -0.2) is 48.5 Å². The molecule has 1 amide bonds. The number of carbonyl (C=O) groups excluding carboxylic acids is 1. The first-order valence-electron chi connectivity index (χ1n) is 9.17. The van der Waals surface area contributed by atoms with Gasteiger partial charge in [-0.3, -0.25) is 4.79 Å². The normalized spacial score (nSPS) is 14.4. The van der Waals surface area contributed by atoms with E-state index in [4.69, 9.17) is 11.6 Å². The summed E-state index contributed by atoms with van der Waals surface area (Å²) in [7, 11) is 0. The van der Waals surface area contributed by atoms with Gasteiger partial charge >= 0.3 is 0 Å². The van der Waals surface area contributed by atoms with E-state index in [0.29, 0.717) is 18.7 Å². The Kier molecular flexibility index (Phi) is 6.34. The third kappa shape index (κ3) is 4.67. The summed E-state index contributed by atoms with van der Waals surface area (Å²) >= 11 is 6.08. The van der Waals surface area contributed by atoms with Crippen molar-refractivity contribution in [2.24, 2.45) is 0 Å². The number of rotatable bonds is 6. The van der Waals surface area contributed by atoms with Crippen LogP contribution in [0.3, 0.4) is 0 Å². The molecule has 1 aliphatic rings. The van der Waals surface area contributed by atoms with Crippen molar-refractivity contribution in [3.05, 3.63) is 53.2 Å². The Morgan fingerprint density at radius 2 is 2.00 bits per heavy atom. The Morgan fingerprint density at radius 1 is 1.19 bits per heavy atom. The van der Waals surface area contributed by atoms with Gasteiger partial charge < -0.3 is 15.1 Å². The molecule has 26 heavy (non-hydrogen) atoms. The molecule has 0 saturated carbocycles. The minimum atomic E-state index is 0.0664. The van der Waals surface area contributed by atoms with Crippen molar-refractivity contribution in [1.82, 2.24) is 9.88 Å². The minimum Gasteiger partial charge on any atom is -0.370 e. The van der Waals surface area contributed by atoms with Crippen LogP contribution in [-0.2, 0) is 0 Å². The van der Waals surface area contributed by atoms with Crippen LogP contribution in [0.2, 0.25) is 5.02 Å².